The van der Waals surface area contributed by atoms with Crippen LogP contribution in [0.3, 0.4) is 0 Å². The fourth-order valence-electron chi connectivity index (χ4n) is 2.72. The maximum atomic E-state index is 13.2. The second kappa shape index (κ2) is 6.11. The molecule has 1 aromatic carbocycles. The monoisotopic (exact) mass is 314 g/mol. The first-order valence-electron chi connectivity index (χ1n) is 6.91. The van der Waals surface area contributed by atoms with Crippen molar-refractivity contribution >= 4 is 15.9 Å². The van der Waals surface area contributed by atoms with Crippen LogP contribution in [-0.2, 0) is 14.8 Å². The van der Waals surface area contributed by atoms with E-state index in [9.17, 15) is 17.6 Å². The number of nitrogens with one attached hydrogen (secondary N) is 2. The van der Waals surface area contributed by atoms with E-state index in [4.69, 9.17) is 0 Å². The predicted octanol–water partition coefficient (Wildman–Crippen LogP) is 1.55. The Bertz CT molecular complexity index is 625. The molecule has 0 atom stereocenters. The highest BCUT2D eigenvalue weighted by atomic mass is 32.2. The number of halogens is 1. The summed E-state index contributed by atoms with van der Waals surface area (Å²) in [6.45, 7) is 0. The Morgan fingerprint density at radius 3 is 2.48 bits per heavy atom. The van der Waals surface area contributed by atoms with Gasteiger partial charge in [-0.15, -0.1) is 0 Å². The zero-order chi connectivity index (χ0) is 15.5. The standard InChI is InChI=1S/C14H19FN2O3S/c1-16-13(18)14(8-3-2-4-9-14)17-21(19,20)12-7-5-6-11(15)10-12/h5-7,10,17H,2-4,8-9H2,1H3,(H,16,18). The van der Waals surface area contributed by atoms with E-state index in [1.807, 2.05) is 0 Å². The van der Waals surface area contributed by atoms with Crippen molar-refractivity contribution < 1.29 is 17.6 Å². The van der Waals surface area contributed by atoms with Crippen LogP contribution in [0.15, 0.2) is 29.2 Å². The average molecular weight is 314 g/mol. The van der Waals surface area contributed by atoms with Crippen LogP contribution in [-0.4, -0.2) is 26.9 Å². The number of benzene rings is 1. The van der Waals surface area contributed by atoms with E-state index in [-0.39, 0.29) is 10.8 Å². The number of carbonyl (C=O) groups is 1. The second-order valence-electron chi connectivity index (χ2n) is 5.28. The molecule has 0 radical (unpaired) electrons. The summed E-state index contributed by atoms with van der Waals surface area (Å²) in [5.41, 5.74) is -1.14. The first kappa shape index (κ1) is 15.9. The smallest absolute Gasteiger partial charge is 0.241 e. The van der Waals surface area contributed by atoms with Crippen LogP contribution in [0, 0.1) is 5.82 Å². The minimum Gasteiger partial charge on any atom is -0.358 e. The maximum absolute atomic E-state index is 13.2. The van der Waals surface area contributed by atoms with Gasteiger partial charge >= 0.3 is 0 Å². The first-order valence-corrected chi connectivity index (χ1v) is 8.40. The van der Waals surface area contributed by atoms with Crippen molar-refractivity contribution in [3.05, 3.63) is 30.1 Å². The molecule has 0 heterocycles. The van der Waals surface area contributed by atoms with Crippen LogP contribution in [0.25, 0.3) is 0 Å². The van der Waals surface area contributed by atoms with Gasteiger partial charge in [-0.25, -0.2) is 12.8 Å². The van der Waals surface area contributed by atoms with Gasteiger partial charge in [0.2, 0.25) is 15.9 Å². The molecule has 1 aliphatic rings. The summed E-state index contributed by atoms with van der Waals surface area (Å²) in [6.07, 6.45) is 3.42. The molecule has 0 aromatic heterocycles. The molecule has 2 rings (SSSR count). The fourth-order valence-corrected chi connectivity index (χ4v) is 4.17. The summed E-state index contributed by atoms with van der Waals surface area (Å²) >= 11 is 0. The molecule has 1 aliphatic carbocycles. The van der Waals surface area contributed by atoms with Crippen molar-refractivity contribution in [2.45, 2.75) is 42.5 Å². The van der Waals surface area contributed by atoms with Crippen molar-refractivity contribution in [3.8, 4) is 0 Å². The van der Waals surface area contributed by atoms with Gasteiger partial charge in [0, 0.05) is 7.05 Å². The number of sulfonamides is 1. The molecule has 0 saturated heterocycles. The van der Waals surface area contributed by atoms with Crippen molar-refractivity contribution in [2.75, 3.05) is 7.05 Å². The highest BCUT2D eigenvalue weighted by molar-refractivity contribution is 7.89. The van der Waals surface area contributed by atoms with Gasteiger partial charge in [0.25, 0.3) is 0 Å². The van der Waals surface area contributed by atoms with Gasteiger partial charge in [0.15, 0.2) is 0 Å². The lowest BCUT2D eigenvalue weighted by molar-refractivity contribution is -0.127. The molecule has 21 heavy (non-hydrogen) atoms. The van der Waals surface area contributed by atoms with E-state index >= 15 is 0 Å². The number of carbonyl (C=O) groups excluding carboxylic acids is 1. The van der Waals surface area contributed by atoms with Crippen molar-refractivity contribution in [1.82, 2.24) is 10.0 Å². The van der Waals surface area contributed by atoms with Crippen LogP contribution < -0.4 is 10.0 Å². The molecular formula is C14H19FN2O3S. The van der Waals surface area contributed by atoms with Gasteiger partial charge in [-0.3, -0.25) is 4.79 Å². The zero-order valence-corrected chi connectivity index (χ0v) is 12.7. The van der Waals surface area contributed by atoms with Crippen molar-refractivity contribution in [3.63, 3.8) is 0 Å². The van der Waals surface area contributed by atoms with Gasteiger partial charge in [-0.05, 0) is 31.0 Å². The lowest BCUT2D eigenvalue weighted by atomic mass is 9.82. The quantitative estimate of drug-likeness (QED) is 0.885. The van der Waals surface area contributed by atoms with Crippen LogP contribution in [0.5, 0.6) is 0 Å². The highest BCUT2D eigenvalue weighted by Gasteiger charge is 2.42. The maximum Gasteiger partial charge on any atom is 0.241 e. The van der Waals surface area contributed by atoms with Gasteiger partial charge in [0.1, 0.15) is 11.4 Å². The molecule has 5 nitrogen and oxygen atoms in total. The molecule has 116 valence electrons. The molecule has 1 fully saturated rings. The van der Waals surface area contributed by atoms with E-state index in [1.165, 1.54) is 25.2 Å². The molecule has 0 unspecified atom stereocenters. The Kier molecular flexibility index (Phi) is 4.63. The van der Waals surface area contributed by atoms with Crippen molar-refractivity contribution in [2.24, 2.45) is 0 Å². The van der Waals surface area contributed by atoms with Gasteiger partial charge in [-0.2, -0.15) is 4.72 Å². The van der Waals surface area contributed by atoms with Crippen LogP contribution in [0.1, 0.15) is 32.1 Å². The number of rotatable bonds is 4. The van der Waals surface area contributed by atoms with E-state index < -0.39 is 21.4 Å². The summed E-state index contributed by atoms with van der Waals surface area (Å²) in [7, 11) is -2.47. The van der Waals surface area contributed by atoms with E-state index in [0.717, 1.165) is 25.3 Å². The Morgan fingerprint density at radius 1 is 1.24 bits per heavy atom. The highest BCUT2D eigenvalue weighted by Crippen LogP contribution is 2.30. The average Bonchev–Trinajstić information content (AvgIpc) is 2.47. The summed E-state index contributed by atoms with van der Waals surface area (Å²) < 4.78 is 40.6. The lowest BCUT2D eigenvalue weighted by Crippen LogP contribution is -2.58. The molecule has 1 amide bonds. The summed E-state index contributed by atoms with van der Waals surface area (Å²) in [5, 5.41) is 2.52. The fraction of sp³-hybridized carbons (Fsp3) is 0.500. The van der Waals surface area contributed by atoms with Crippen molar-refractivity contribution in [1.29, 1.82) is 0 Å². The molecule has 2 N–H and O–H groups in total. The molecule has 1 aromatic rings. The van der Waals surface area contributed by atoms with E-state index in [0.29, 0.717) is 12.8 Å². The van der Waals surface area contributed by atoms with Gasteiger partial charge in [0.05, 0.1) is 4.90 Å². The van der Waals surface area contributed by atoms with Gasteiger partial charge in [-0.1, -0.05) is 25.3 Å². The zero-order valence-electron chi connectivity index (χ0n) is 11.9. The summed E-state index contributed by atoms with van der Waals surface area (Å²) in [6, 6.07) is 4.76. The lowest BCUT2D eigenvalue weighted by Gasteiger charge is -2.35. The number of hydrogen-bond donors (Lipinski definition) is 2. The molecule has 0 spiro atoms. The SMILES string of the molecule is CNC(=O)C1(NS(=O)(=O)c2cccc(F)c2)CCCCC1. The van der Waals surface area contributed by atoms with E-state index in [2.05, 4.69) is 10.0 Å². The second-order valence-corrected chi connectivity index (χ2v) is 6.97. The molecule has 7 heteroatoms. The van der Waals surface area contributed by atoms with Crippen LogP contribution in [0.4, 0.5) is 4.39 Å². The normalized spacial score (nSPS) is 18.2. The third kappa shape index (κ3) is 3.41. The Labute approximate surface area is 124 Å². The van der Waals surface area contributed by atoms with Crippen LogP contribution >= 0.6 is 0 Å². The van der Waals surface area contributed by atoms with Gasteiger partial charge < -0.3 is 5.32 Å². The summed E-state index contributed by atoms with van der Waals surface area (Å²) in [5.74, 6) is -0.974. The summed E-state index contributed by atoms with van der Waals surface area (Å²) in [4.78, 5) is 12.0. The molecule has 1 saturated carbocycles. The Hall–Kier alpha value is -1.47. The largest absolute Gasteiger partial charge is 0.358 e. The van der Waals surface area contributed by atoms with E-state index in [1.54, 1.807) is 0 Å². The molecular weight excluding hydrogens is 295 g/mol. The molecule has 0 bridgehead atoms. The predicted molar refractivity (Wildman–Crippen MR) is 76.6 cm³/mol. The minimum absolute atomic E-state index is 0.170. The number of likely N-dealkylation sites (N-methyl/N-ethyl adjacent to an activating group) is 1. The first-order chi connectivity index (χ1) is 9.89. The van der Waals surface area contributed by atoms with Crippen LogP contribution in [0.2, 0.25) is 0 Å². The number of hydrogen-bond acceptors (Lipinski definition) is 3. The Balaban J connectivity index is 2.33. The third-order valence-electron chi connectivity index (χ3n) is 3.80. The topological polar surface area (TPSA) is 75.3 Å². The third-order valence-corrected chi connectivity index (χ3v) is 5.34. The molecule has 0 aliphatic heterocycles. The minimum atomic E-state index is -3.95. The number of amides is 1. The Morgan fingerprint density at radius 2 is 1.90 bits per heavy atom.